The second-order valence-corrected chi connectivity index (χ2v) is 5.74. The van der Waals surface area contributed by atoms with Gasteiger partial charge in [0.15, 0.2) is 0 Å². The molecule has 2 amide bonds. The molecular weight excluding hydrogens is 388 g/mol. The zero-order chi connectivity index (χ0) is 20.7. The smallest absolute Gasteiger partial charge is 0.257 e. The Morgan fingerprint density at radius 2 is 1.54 bits per heavy atom. The van der Waals surface area contributed by atoms with Crippen molar-refractivity contribution in [3.05, 3.63) is 59.1 Å². The molecule has 0 saturated carbocycles. The van der Waals surface area contributed by atoms with E-state index in [0.29, 0.717) is 6.08 Å². The van der Waals surface area contributed by atoms with Gasteiger partial charge in [0.1, 0.15) is 11.5 Å². The minimum Gasteiger partial charge on any atom is -0.545 e. The van der Waals surface area contributed by atoms with E-state index in [1.54, 1.807) is 24.3 Å². The highest BCUT2D eigenvalue weighted by atomic mass is 35.5. The fourth-order valence-electron chi connectivity index (χ4n) is 2.25. The Labute approximate surface area is 165 Å². The van der Waals surface area contributed by atoms with Gasteiger partial charge in [-0.15, -0.1) is 0 Å². The molecule has 0 aliphatic heterocycles. The van der Waals surface area contributed by atoms with Crippen LogP contribution in [0.15, 0.2) is 48.6 Å². The van der Waals surface area contributed by atoms with E-state index in [4.69, 9.17) is 21.1 Å². The molecule has 8 nitrogen and oxygen atoms in total. The topological polar surface area (TPSA) is 117 Å². The molecule has 0 aliphatic carbocycles. The third-order valence-corrected chi connectivity index (χ3v) is 3.85. The maximum atomic E-state index is 12.5. The second-order valence-electron chi connectivity index (χ2n) is 5.33. The summed E-state index contributed by atoms with van der Waals surface area (Å²) in [5.41, 5.74) is 0.769. The monoisotopic (exact) mass is 403 g/mol. The van der Waals surface area contributed by atoms with Crippen molar-refractivity contribution in [2.24, 2.45) is 0 Å². The molecule has 0 aromatic heterocycles. The van der Waals surface area contributed by atoms with Crippen LogP contribution in [0.4, 0.5) is 11.4 Å². The molecule has 0 atom stereocenters. The maximum absolute atomic E-state index is 12.5. The van der Waals surface area contributed by atoms with Crippen molar-refractivity contribution >= 4 is 40.8 Å². The van der Waals surface area contributed by atoms with Crippen LogP contribution in [0.5, 0.6) is 11.5 Å². The summed E-state index contributed by atoms with van der Waals surface area (Å²) in [7, 11) is 2.75. The van der Waals surface area contributed by atoms with Crippen molar-refractivity contribution in [2.45, 2.75) is 0 Å². The number of anilines is 2. The number of rotatable bonds is 7. The van der Waals surface area contributed by atoms with E-state index in [2.05, 4.69) is 10.6 Å². The van der Waals surface area contributed by atoms with Gasteiger partial charge >= 0.3 is 0 Å². The van der Waals surface area contributed by atoms with E-state index in [0.717, 1.165) is 6.08 Å². The Bertz CT molecular complexity index is 942. The number of carboxylic acid groups (broad SMARTS) is 1. The summed E-state index contributed by atoms with van der Waals surface area (Å²) >= 11 is 6.04. The summed E-state index contributed by atoms with van der Waals surface area (Å²) in [6.07, 6.45) is 1.39. The molecule has 0 bridgehead atoms. The average molecular weight is 404 g/mol. The van der Waals surface area contributed by atoms with Crippen LogP contribution < -0.4 is 25.2 Å². The Morgan fingerprint density at radius 3 is 2.07 bits per heavy atom. The second kappa shape index (κ2) is 9.43. The number of benzene rings is 2. The fraction of sp³-hybridized carbons (Fsp3) is 0.105. The maximum Gasteiger partial charge on any atom is 0.257 e. The van der Waals surface area contributed by atoms with Gasteiger partial charge in [-0.3, -0.25) is 9.59 Å². The highest BCUT2D eigenvalue weighted by molar-refractivity contribution is 6.34. The van der Waals surface area contributed by atoms with Crippen molar-refractivity contribution in [3.63, 3.8) is 0 Å². The highest BCUT2D eigenvalue weighted by Crippen LogP contribution is 2.36. The SMILES string of the molecule is COc1cc(NC(=O)c2ccccc2Cl)c(OC)cc1NC(=O)/C=C/C(=O)[O-]. The molecule has 146 valence electrons. The molecular formula is C19H16ClN2O6-. The first-order valence-corrected chi connectivity index (χ1v) is 8.25. The molecule has 0 saturated heterocycles. The van der Waals surface area contributed by atoms with Crippen molar-refractivity contribution in [1.29, 1.82) is 0 Å². The summed E-state index contributed by atoms with van der Waals surface area (Å²) in [4.78, 5) is 34.7. The molecule has 28 heavy (non-hydrogen) atoms. The Hall–Kier alpha value is -3.52. The third kappa shape index (κ3) is 5.24. The summed E-state index contributed by atoms with van der Waals surface area (Å²) in [6, 6.07) is 9.41. The minimum absolute atomic E-state index is 0.211. The number of ether oxygens (including phenoxy) is 2. The fourth-order valence-corrected chi connectivity index (χ4v) is 2.47. The van der Waals surface area contributed by atoms with Gasteiger partial charge in [-0.2, -0.15) is 0 Å². The van der Waals surface area contributed by atoms with E-state index < -0.39 is 17.8 Å². The zero-order valence-electron chi connectivity index (χ0n) is 14.9. The van der Waals surface area contributed by atoms with Crippen LogP contribution in [0.3, 0.4) is 0 Å². The van der Waals surface area contributed by atoms with E-state index in [1.165, 1.54) is 26.4 Å². The summed E-state index contributed by atoms with van der Waals surface area (Å²) in [6.45, 7) is 0. The van der Waals surface area contributed by atoms with Crippen molar-refractivity contribution in [2.75, 3.05) is 24.9 Å². The summed E-state index contributed by atoms with van der Waals surface area (Å²) in [5, 5.41) is 15.8. The quantitative estimate of drug-likeness (QED) is 0.681. The van der Waals surface area contributed by atoms with Gasteiger partial charge < -0.3 is 30.0 Å². The lowest BCUT2D eigenvalue weighted by molar-refractivity contribution is -0.297. The van der Waals surface area contributed by atoms with E-state index >= 15 is 0 Å². The average Bonchev–Trinajstić information content (AvgIpc) is 2.67. The standard InChI is InChI=1S/C19H17ClN2O6/c1-27-15-10-14(22-19(26)11-5-3-4-6-12(11)20)16(28-2)9-13(15)21-17(23)7-8-18(24)25/h3-10H,1-2H3,(H,21,23)(H,22,26)(H,24,25)/p-1/b8-7+. The van der Waals surface area contributed by atoms with E-state index in [1.807, 2.05) is 0 Å². The number of methoxy groups -OCH3 is 2. The molecule has 2 rings (SSSR count). The number of hydrogen-bond donors (Lipinski definition) is 2. The van der Waals surface area contributed by atoms with Crippen molar-refractivity contribution < 1.29 is 29.0 Å². The third-order valence-electron chi connectivity index (χ3n) is 3.52. The normalized spacial score (nSPS) is 10.4. The van der Waals surface area contributed by atoms with Gasteiger partial charge in [-0.05, 0) is 18.2 Å². The molecule has 9 heteroatoms. The van der Waals surface area contributed by atoms with Gasteiger partial charge in [0.2, 0.25) is 5.91 Å². The van der Waals surface area contributed by atoms with Crippen LogP contribution in [0.2, 0.25) is 5.02 Å². The van der Waals surface area contributed by atoms with Crippen LogP contribution in [0, 0.1) is 0 Å². The zero-order valence-corrected chi connectivity index (χ0v) is 15.7. The predicted octanol–water partition coefficient (Wildman–Crippen LogP) is 1.85. The van der Waals surface area contributed by atoms with Crippen LogP contribution >= 0.6 is 11.6 Å². The van der Waals surface area contributed by atoms with Crippen LogP contribution in [0.25, 0.3) is 0 Å². The predicted molar refractivity (Wildman–Crippen MR) is 102 cm³/mol. The van der Waals surface area contributed by atoms with Crippen LogP contribution in [-0.2, 0) is 9.59 Å². The molecule has 0 aliphatic rings. The summed E-state index contributed by atoms with van der Waals surface area (Å²) in [5.74, 6) is -2.22. The molecule has 0 fully saturated rings. The molecule has 2 aromatic rings. The summed E-state index contributed by atoms with van der Waals surface area (Å²) < 4.78 is 10.5. The lowest BCUT2D eigenvalue weighted by atomic mass is 10.2. The van der Waals surface area contributed by atoms with Gasteiger partial charge in [0.25, 0.3) is 5.91 Å². The first kappa shape index (κ1) is 20.8. The van der Waals surface area contributed by atoms with Gasteiger partial charge in [0, 0.05) is 18.2 Å². The molecule has 0 unspecified atom stereocenters. The first-order valence-electron chi connectivity index (χ1n) is 7.87. The lowest BCUT2D eigenvalue weighted by Crippen LogP contribution is -2.20. The molecule has 2 N–H and O–H groups in total. The van der Waals surface area contributed by atoms with Crippen molar-refractivity contribution in [3.8, 4) is 11.5 Å². The Kier molecular flexibility index (Phi) is 7.00. The van der Waals surface area contributed by atoms with E-state index in [-0.39, 0.29) is 33.5 Å². The Balaban J connectivity index is 2.31. The van der Waals surface area contributed by atoms with E-state index in [9.17, 15) is 19.5 Å². The number of amides is 2. The molecule has 0 radical (unpaired) electrons. The first-order chi connectivity index (χ1) is 13.3. The van der Waals surface area contributed by atoms with Crippen LogP contribution in [-0.4, -0.2) is 32.0 Å². The number of nitrogens with one attached hydrogen (secondary N) is 2. The molecule has 0 spiro atoms. The van der Waals surface area contributed by atoms with Gasteiger partial charge in [-0.1, -0.05) is 23.7 Å². The highest BCUT2D eigenvalue weighted by Gasteiger charge is 2.16. The molecule has 0 heterocycles. The minimum atomic E-state index is -1.50. The number of aliphatic carboxylic acids is 1. The number of hydrogen-bond acceptors (Lipinski definition) is 6. The number of carbonyl (C=O) groups excluding carboxylic acids is 3. The largest absolute Gasteiger partial charge is 0.545 e. The van der Waals surface area contributed by atoms with Gasteiger partial charge in [-0.25, -0.2) is 0 Å². The van der Waals surface area contributed by atoms with Crippen molar-refractivity contribution in [1.82, 2.24) is 0 Å². The van der Waals surface area contributed by atoms with Gasteiger partial charge in [0.05, 0.1) is 42.1 Å². The Morgan fingerprint density at radius 1 is 0.964 bits per heavy atom. The number of carboxylic acids is 1. The number of halogens is 1. The number of carbonyl (C=O) groups is 3. The van der Waals surface area contributed by atoms with Crippen LogP contribution in [0.1, 0.15) is 10.4 Å². The lowest BCUT2D eigenvalue weighted by Gasteiger charge is -2.16. The molecule has 2 aromatic carbocycles.